The van der Waals surface area contributed by atoms with Crippen molar-refractivity contribution in [3.05, 3.63) is 42.4 Å². The largest absolute Gasteiger partial charge is 0.497 e. The summed E-state index contributed by atoms with van der Waals surface area (Å²) in [5, 5.41) is 10.7. The monoisotopic (exact) mass is 368 g/mol. The highest BCUT2D eigenvalue weighted by Crippen LogP contribution is 2.26. The molecule has 0 radical (unpaired) electrons. The number of amides is 2. The van der Waals surface area contributed by atoms with Crippen molar-refractivity contribution in [3.8, 4) is 5.75 Å². The van der Waals surface area contributed by atoms with Crippen molar-refractivity contribution >= 4 is 28.5 Å². The number of methoxy groups -OCH3 is 1. The zero-order valence-electron chi connectivity index (χ0n) is 14.9. The van der Waals surface area contributed by atoms with E-state index in [1.165, 1.54) is 6.26 Å². The number of H-pyrrole nitrogens is 1. The minimum absolute atomic E-state index is 0.243. The highest BCUT2D eigenvalue weighted by molar-refractivity contribution is 6.04. The molecule has 3 aromatic rings. The molecule has 1 aliphatic rings. The molecule has 2 amide bonds. The topological polar surface area (TPSA) is 100 Å². The Morgan fingerprint density at radius 2 is 2.22 bits per heavy atom. The first kappa shape index (κ1) is 17.1. The van der Waals surface area contributed by atoms with Gasteiger partial charge in [-0.3, -0.25) is 14.7 Å². The smallest absolute Gasteiger partial charge is 0.290 e. The molecular formula is C19H20N4O4. The van der Waals surface area contributed by atoms with Crippen molar-refractivity contribution in [2.45, 2.75) is 25.3 Å². The fourth-order valence-electron chi connectivity index (χ4n) is 3.41. The minimum Gasteiger partial charge on any atom is -0.497 e. The second-order valence-corrected chi connectivity index (χ2v) is 6.46. The molecule has 2 aromatic heterocycles. The molecular weight excluding hydrogens is 348 g/mol. The van der Waals surface area contributed by atoms with Gasteiger partial charge < -0.3 is 19.4 Å². The van der Waals surface area contributed by atoms with Gasteiger partial charge in [0.25, 0.3) is 5.91 Å². The molecule has 1 saturated heterocycles. The van der Waals surface area contributed by atoms with Gasteiger partial charge in [-0.05, 0) is 43.5 Å². The lowest BCUT2D eigenvalue weighted by atomic mass is 10.0. The Morgan fingerprint density at radius 3 is 3.00 bits per heavy atom. The third-order valence-corrected chi connectivity index (χ3v) is 4.81. The maximum absolute atomic E-state index is 12.9. The Kier molecular flexibility index (Phi) is 4.53. The molecule has 0 saturated carbocycles. The molecule has 1 aliphatic heterocycles. The van der Waals surface area contributed by atoms with Gasteiger partial charge in [-0.1, -0.05) is 0 Å². The van der Waals surface area contributed by atoms with E-state index in [0.29, 0.717) is 24.5 Å². The minimum atomic E-state index is -0.554. The molecule has 1 atom stereocenters. The molecule has 1 fully saturated rings. The van der Waals surface area contributed by atoms with Gasteiger partial charge in [0.05, 0.1) is 18.9 Å². The molecule has 0 aliphatic carbocycles. The number of ether oxygens (including phenoxy) is 1. The van der Waals surface area contributed by atoms with E-state index in [0.717, 1.165) is 23.7 Å². The van der Waals surface area contributed by atoms with E-state index in [1.807, 2.05) is 12.1 Å². The van der Waals surface area contributed by atoms with Crippen LogP contribution in [0, 0.1) is 0 Å². The zero-order chi connectivity index (χ0) is 18.8. The summed E-state index contributed by atoms with van der Waals surface area (Å²) >= 11 is 0. The van der Waals surface area contributed by atoms with Crippen molar-refractivity contribution in [3.63, 3.8) is 0 Å². The molecule has 0 bridgehead atoms. The number of rotatable bonds is 4. The van der Waals surface area contributed by atoms with Gasteiger partial charge >= 0.3 is 0 Å². The van der Waals surface area contributed by atoms with Crippen molar-refractivity contribution in [2.24, 2.45) is 0 Å². The van der Waals surface area contributed by atoms with Gasteiger partial charge in [-0.2, -0.15) is 5.10 Å². The Bertz CT molecular complexity index is 963. The van der Waals surface area contributed by atoms with Crippen molar-refractivity contribution in [1.82, 2.24) is 15.1 Å². The summed E-state index contributed by atoms with van der Waals surface area (Å²) in [6.45, 7) is 0.524. The fourth-order valence-corrected chi connectivity index (χ4v) is 3.41. The number of likely N-dealkylation sites (tertiary alicyclic amines) is 1. The Morgan fingerprint density at radius 1 is 1.33 bits per heavy atom. The fraction of sp³-hybridized carbons (Fsp3) is 0.316. The standard InChI is InChI=1S/C19H20N4O4/c1-26-12-7-8-13-14(11-12)21-22-17(13)20-18(24)15-5-2-3-9-23(15)19(25)16-6-4-10-27-16/h4,6-8,10-11,15H,2-3,5,9H2,1H3,(H2,20,21,22,24). The number of carbonyl (C=O) groups excluding carboxylic acids is 2. The Balaban J connectivity index is 1.55. The lowest BCUT2D eigenvalue weighted by molar-refractivity contribution is -0.121. The summed E-state index contributed by atoms with van der Waals surface area (Å²) in [4.78, 5) is 27.2. The van der Waals surface area contributed by atoms with Gasteiger partial charge in [0.15, 0.2) is 11.6 Å². The van der Waals surface area contributed by atoms with E-state index in [1.54, 1.807) is 30.2 Å². The number of nitrogens with zero attached hydrogens (tertiary/aromatic N) is 2. The third kappa shape index (κ3) is 3.25. The summed E-state index contributed by atoms with van der Waals surface area (Å²) in [5.74, 6) is 0.863. The third-order valence-electron chi connectivity index (χ3n) is 4.81. The molecule has 0 spiro atoms. The highest BCUT2D eigenvalue weighted by atomic mass is 16.5. The molecule has 8 nitrogen and oxygen atoms in total. The molecule has 27 heavy (non-hydrogen) atoms. The number of fused-ring (bicyclic) bond motifs is 1. The van der Waals surface area contributed by atoms with Crippen LogP contribution < -0.4 is 10.1 Å². The van der Waals surface area contributed by atoms with Gasteiger partial charge in [0.2, 0.25) is 5.91 Å². The van der Waals surface area contributed by atoms with E-state index in [2.05, 4.69) is 15.5 Å². The molecule has 140 valence electrons. The van der Waals surface area contributed by atoms with E-state index < -0.39 is 6.04 Å². The van der Waals surface area contributed by atoms with E-state index in [9.17, 15) is 9.59 Å². The first-order valence-corrected chi connectivity index (χ1v) is 8.85. The average Bonchev–Trinajstić information content (AvgIpc) is 3.37. The van der Waals surface area contributed by atoms with Gasteiger partial charge in [0, 0.05) is 18.0 Å². The normalized spacial score (nSPS) is 17.1. The number of aromatic nitrogens is 2. The van der Waals surface area contributed by atoms with Gasteiger partial charge in [0.1, 0.15) is 11.8 Å². The molecule has 4 rings (SSSR count). The SMILES string of the molecule is COc1ccc2c(NC(=O)C3CCCCN3C(=O)c3ccco3)n[nH]c2c1. The van der Waals surface area contributed by atoms with Crippen LogP contribution in [0.1, 0.15) is 29.8 Å². The summed E-state index contributed by atoms with van der Waals surface area (Å²) in [6, 6.07) is 8.17. The van der Waals surface area contributed by atoms with Crippen LogP contribution in [-0.4, -0.2) is 46.6 Å². The number of aromatic amines is 1. The number of carbonyl (C=O) groups is 2. The maximum atomic E-state index is 12.9. The molecule has 2 N–H and O–H groups in total. The number of nitrogens with one attached hydrogen (secondary N) is 2. The van der Waals surface area contributed by atoms with Crippen LogP contribution in [0.3, 0.4) is 0 Å². The summed E-state index contributed by atoms with van der Waals surface area (Å²) in [5.41, 5.74) is 0.761. The molecule has 3 heterocycles. The zero-order valence-corrected chi connectivity index (χ0v) is 14.9. The maximum Gasteiger partial charge on any atom is 0.290 e. The van der Waals surface area contributed by atoms with Crippen LogP contribution in [0.4, 0.5) is 5.82 Å². The van der Waals surface area contributed by atoms with Gasteiger partial charge in [-0.25, -0.2) is 0 Å². The van der Waals surface area contributed by atoms with Crippen LogP contribution in [0.5, 0.6) is 5.75 Å². The number of hydrogen-bond acceptors (Lipinski definition) is 5. The van der Waals surface area contributed by atoms with Crippen molar-refractivity contribution in [2.75, 3.05) is 19.0 Å². The van der Waals surface area contributed by atoms with E-state index >= 15 is 0 Å². The van der Waals surface area contributed by atoms with E-state index in [-0.39, 0.29) is 17.6 Å². The van der Waals surface area contributed by atoms with Crippen LogP contribution in [0.25, 0.3) is 10.9 Å². The van der Waals surface area contributed by atoms with Crippen LogP contribution in [0.2, 0.25) is 0 Å². The molecule has 1 aromatic carbocycles. The summed E-state index contributed by atoms with van der Waals surface area (Å²) in [7, 11) is 1.59. The number of furan rings is 1. The molecule has 8 heteroatoms. The number of anilines is 1. The highest BCUT2D eigenvalue weighted by Gasteiger charge is 2.34. The van der Waals surface area contributed by atoms with Crippen LogP contribution in [-0.2, 0) is 4.79 Å². The average molecular weight is 368 g/mol. The predicted molar refractivity (Wildman–Crippen MR) is 98.7 cm³/mol. The van der Waals surface area contributed by atoms with Gasteiger partial charge in [-0.15, -0.1) is 0 Å². The second-order valence-electron chi connectivity index (χ2n) is 6.46. The van der Waals surface area contributed by atoms with Crippen molar-refractivity contribution in [1.29, 1.82) is 0 Å². The quantitative estimate of drug-likeness (QED) is 0.737. The first-order valence-electron chi connectivity index (χ1n) is 8.85. The van der Waals surface area contributed by atoms with E-state index in [4.69, 9.17) is 9.15 Å². The molecule has 1 unspecified atom stereocenters. The number of piperidine rings is 1. The van der Waals surface area contributed by atoms with Crippen LogP contribution in [0.15, 0.2) is 41.0 Å². The number of hydrogen-bond donors (Lipinski definition) is 2. The lowest BCUT2D eigenvalue weighted by Gasteiger charge is -2.33. The Labute approximate surface area is 155 Å². The first-order chi connectivity index (χ1) is 13.2. The predicted octanol–water partition coefficient (Wildman–Crippen LogP) is 2.80. The van der Waals surface area contributed by atoms with Crippen molar-refractivity contribution < 1.29 is 18.7 Å². The van der Waals surface area contributed by atoms with Crippen LogP contribution >= 0.6 is 0 Å². The summed E-state index contributed by atoms with van der Waals surface area (Å²) < 4.78 is 10.4. The lowest BCUT2D eigenvalue weighted by Crippen LogP contribution is -2.50. The Hall–Kier alpha value is -3.29. The summed E-state index contributed by atoms with van der Waals surface area (Å²) in [6.07, 6.45) is 3.81. The number of benzene rings is 1. The second kappa shape index (κ2) is 7.14.